The monoisotopic (exact) mass is 464 g/mol. The standard InChI is InChI=1S/C22H26Cl2N4O3/c1-22(2,3)14-25-19-13-16(5-7-20(19)28(30)31)26-8-10-27(11-9-26)21(29)15-4-6-17(23)18(24)12-15/h4-7,12-13,25H,8-11,14H2,1-3H3. The number of nitro groups is 1. The maximum absolute atomic E-state index is 12.8. The number of nitrogens with zero attached hydrogens (tertiary/aromatic N) is 3. The molecule has 0 atom stereocenters. The van der Waals surface area contributed by atoms with Gasteiger partial charge in [0.1, 0.15) is 5.69 Å². The molecule has 31 heavy (non-hydrogen) atoms. The topological polar surface area (TPSA) is 78.7 Å². The van der Waals surface area contributed by atoms with Gasteiger partial charge in [-0.05, 0) is 35.7 Å². The molecule has 1 amide bonds. The summed E-state index contributed by atoms with van der Waals surface area (Å²) in [7, 11) is 0. The fourth-order valence-electron chi connectivity index (χ4n) is 3.36. The molecule has 9 heteroatoms. The van der Waals surface area contributed by atoms with Gasteiger partial charge in [-0.15, -0.1) is 0 Å². The molecule has 166 valence electrons. The molecule has 0 radical (unpaired) electrons. The van der Waals surface area contributed by atoms with Gasteiger partial charge in [-0.3, -0.25) is 14.9 Å². The minimum Gasteiger partial charge on any atom is -0.379 e. The Morgan fingerprint density at radius 1 is 1.06 bits per heavy atom. The van der Waals surface area contributed by atoms with Crippen LogP contribution in [0.2, 0.25) is 10.0 Å². The highest BCUT2D eigenvalue weighted by Gasteiger charge is 2.24. The molecular weight excluding hydrogens is 439 g/mol. The predicted octanol–water partition coefficient (Wildman–Crippen LogP) is 5.32. The van der Waals surface area contributed by atoms with Crippen molar-refractivity contribution in [1.29, 1.82) is 0 Å². The lowest BCUT2D eigenvalue weighted by atomic mass is 9.97. The zero-order valence-corrected chi connectivity index (χ0v) is 19.3. The number of halogens is 2. The van der Waals surface area contributed by atoms with Crippen molar-refractivity contribution in [3.05, 3.63) is 62.1 Å². The van der Waals surface area contributed by atoms with E-state index in [0.29, 0.717) is 54.0 Å². The van der Waals surface area contributed by atoms with Gasteiger partial charge in [0.15, 0.2) is 0 Å². The van der Waals surface area contributed by atoms with Gasteiger partial charge in [-0.2, -0.15) is 0 Å². The number of anilines is 2. The van der Waals surface area contributed by atoms with Crippen molar-refractivity contribution in [2.75, 3.05) is 42.9 Å². The van der Waals surface area contributed by atoms with Crippen LogP contribution < -0.4 is 10.2 Å². The van der Waals surface area contributed by atoms with Crippen LogP contribution in [0.1, 0.15) is 31.1 Å². The van der Waals surface area contributed by atoms with E-state index in [-0.39, 0.29) is 21.9 Å². The highest BCUT2D eigenvalue weighted by molar-refractivity contribution is 6.42. The van der Waals surface area contributed by atoms with Crippen LogP contribution in [0.5, 0.6) is 0 Å². The van der Waals surface area contributed by atoms with Crippen molar-refractivity contribution in [2.45, 2.75) is 20.8 Å². The number of amides is 1. The summed E-state index contributed by atoms with van der Waals surface area (Å²) >= 11 is 12.0. The average Bonchev–Trinajstić information content (AvgIpc) is 2.73. The Kier molecular flexibility index (Phi) is 6.96. The summed E-state index contributed by atoms with van der Waals surface area (Å²) in [5.41, 5.74) is 1.95. The molecule has 1 aliphatic heterocycles. The van der Waals surface area contributed by atoms with E-state index in [1.807, 2.05) is 6.07 Å². The molecule has 0 spiro atoms. The fraction of sp³-hybridized carbons (Fsp3) is 0.409. The van der Waals surface area contributed by atoms with Gasteiger partial charge < -0.3 is 15.1 Å². The molecule has 0 aromatic heterocycles. The van der Waals surface area contributed by atoms with Crippen LogP contribution in [0.4, 0.5) is 17.1 Å². The van der Waals surface area contributed by atoms with Gasteiger partial charge >= 0.3 is 0 Å². The van der Waals surface area contributed by atoms with Gasteiger partial charge in [0.05, 0.1) is 15.0 Å². The predicted molar refractivity (Wildman–Crippen MR) is 126 cm³/mol. The van der Waals surface area contributed by atoms with Crippen LogP contribution in [0.25, 0.3) is 0 Å². The van der Waals surface area contributed by atoms with Crippen LogP contribution in [0, 0.1) is 15.5 Å². The van der Waals surface area contributed by atoms with Crippen molar-refractivity contribution in [1.82, 2.24) is 4.90 Å². The molecule has 1 aliphatic rings. The van der Waals surface area contributed by atoms with Gasteiger partial charge in [-0.25, -0.2) is 0 Å². The molecular formula is C22H26Cl2N4O3. The second kappa shape index (κ2) is 9.32. The number of carbonyl (C=O) groups excluding carboxylic acids is 1. The summed E-state index contributed by atoms with van der Waals surface area (Å²) in [5.74, 6) is -0.0885. The maximum atomic E-state index is 12.8. The van der Waals surface area contributed by atoms with E-state index in [1.54, 1.807) is 29.2 Å². The number of hydrogen-bond acceptors (Lipinski definition) is 5. The lowest BCUT2D eigenvalue weighted by molar-refractivity contribution is -0.384. The van der Waals surface area contributed by atoms with Crippen molar-refractivity contribution in [3.63, 3.8) is 0 Å². The third kappa shape index (κ3) is 5.80. The molecule has 2 aromatic carbocycles. The first-order valence-corrected chi connectivity index (χ1v) is 10.8. The minimum atomic E-state index is -0.372. The van der Waals surface area contributed by atoms with Crippen LogP contribution >= 0.6 is 23.2 Å². The first-order valence-electron chi connectivity index (χ1n) is 10.1. The smallest absolute Gasteiger partial charge is 0.292 e. The molecule has 3 rings (SSSR count). The first-order chi connectivity index (χ1) is 14.5. The second-order valence-corrected chi connectivity index (χ2v) is 9.60. The zero-order valence-electron chi connectivity index (χ0n) is 17.8. The van der Waals surface area contributed by atoms with E-state index in [9.17, 15) is 14.9 Å². The summed E-state index contributed by atoms with van der Waals surface area (Å²) in [6, 6.07) is 10.00. The molecule has 1 heterocycles. The molecule has 7 nitrogen and oxygen atoms in total. The first kappa shape index (κ1) is 23.2. The van der Waals surface area contributed by atoms with Crippen LogP contribution in [0.3, 0.4) is 0 Å². The summed E-state index contributed by atoms with van der Waals surface area (Å²) < 4.78 is 0. The second-order valence-electron chi connectivity index (χ2n) is 8.78. The maximum Gasteiger partial charge on any atom is 0.292 e. The van der Waals surface area contributed by atoms with Gasteiger partial charge in [0.2, 0.25) is 0 Å². The molecule has 0 unspecified atom stereocenters. The summed E-state index contributed by atoms with van der Waals surface area (Å²) in [5, 5.41) is 15.4. The molecule has 1 fully saturated rings. The van der Waals surface area contributed by atoms with E-state index in [2.05, 4.69) is 31.0 Å². The Morgan fingerprint density at radius 2 is 1.74 bits per heavy atom. The van der Waals surface area contributed by atoms with Crippen molar-refractivity contribution in [2.24, 2.45) is 5.41 Å². The Hall–Kier alpha value is -2.51. The van der Waals surface area contributed by atoms with E-state index in [1.165, 1.54) is 6.07 Å². The summed E-state index contributed by atoms with van der Waals surface area (Å²) in [4.78, 5) is 27.7. The summed E-state index contributed by atoms with van der Waals surface area (Å²) in [6.45, 7) is 9.16. The molecule has 1 N–H and O–H groups in total. The fourth-order valence-corrected chi connectivity index (χ4v) is 3.66. The number of hydrogen-bond donors (Lipinski definition) is 1. The summed E-state index contributed by atoms with van der Waals surface area (Å²) in [6.07, 6.45) is 0. The van der Waals surface area contributed by atoms with Gasteiger partial charge in [-0.1, -0.05) is 44.0 Å². The van der Waals surface area contributed by atoms with E-state index >= 15 is 0 Å². The van der Waals surface area contributed by atoms with Crippen LogP contribution in [-0.4, -0.2) is 48.5 Å². The third-order valence-electron chi connectivity index (χ3n) is 5.08. The van der Waals surface area contributed by atoms with Crippen molar-refractivity contribution < 1.29 is 9.72 Å². The van der Waals surface area contributed by atoms with Crippen molar-refractivity contribution in [3.8, 4) is 0 Å². The number of piperazine rings is 1. The van der Waals surface area contributed by atoms with E-state index in [0.717, 1.165) is 5.69 Å². The average molecular weight is 465 g/mol. The van der Waals surface area contributed by atoms with Crippen molar-refractivity contribution >= 4 is 46.2 Å². The Morgan fingerprint density at radius 3 is 2.32 bits per heavy atom. The molecule has 0 bridgehead atoms. The van der Waals surface area contributed by atoms with E-state index in [4.69, 9.17) is 23.2 Å². The zero-order chi connectivity index (χ0) is 22.8. The lowest BCUT2D eigenvalue weighted by Crippen LogP contribution is -2.48. The van der Waals surface area contributed by atoms with Crippen LogP contribution in [-0.2, 0) is 0 Å². The molecule has 0 saturated carbocycles. The Balaban J connectivity index is 1.70. The molecule has 1 saturated heterocycles. The largest absolute Gasteiger partial charge is 0.379 e. The number of rotatable bonds is 5. The quantitative estimate of drug-likeness (QED) is 0.478. The number of carbonyl (C=O) groups is 1. The molecule has 0 aliphatic carbocycles. The number of benzene rings is 2. The van der Waals surface area contributed by atoms with Gasteiger partial charge in [0, 0.05) is 50.0 Å². The van der Waals surface area contributed by atoms with E-state index < -0.39 is 0 Å². The highest BCUT2D eigenvalue weighted by Crippen LogP contribution is 2.31. The SMILES string of the molecule is CC(C)(C)CNc1cc(N2CCN(C(=O)c3ccc(Cl)c(Cl)c3)CC2)ccc1[N+](=O)[O-]. The molecule has 2 aromatic rings. The Bertz CT molecular complexity index is 983. The van der Waals surface area contributed by atoms with Gasteiger partial charge in [0.25, 0.3) is 11.6 Å². The number of nitrogens with one attached hydrogen (secondary N) is 1. The Labute approximate surface area is 192 Å². The normalized spacial score (nSPS) is 14.5. The third-order valence-corrected chi connectivity index (χ3v) is 5.82. The number of nitro benzene ring substituents is 1. The van der Waals surface area contributed by atoms with Crippen LogP contribution in [0.15, 0.2) is 36.4 Å². The lowest BCUT2D eigenvalue weighted by Gasteiger charge is -2.36. The highest BCUT2D eigenvalue weighted by atomic mass is 35.5. The minimum absolute atomic E-state index is 0.0135.